The van der Waals surface area contributed by atoms with Gasteiger partial charge in [-0.3, -0.25) is 24.6 Å². The number of benzene rings is 3. The molecule has 5 amide bonds. The number of amides is 5. The number of halogens is 1. The number of methoxy groups -OCH3 is 1. The van der Waals surface area contributed by atoms with Crippen molar-refractivity contribution in [3.8, 4) is 5.75 Å². The van der Waals surface area contributed by atoms with Crippen molar-refractivity contribution in [3.63, 3.8) is 0 Å². The summed E-state index contributed by atoms with van der Waals surface area (Å²) in [4.78, 5) is 95.7. The lowest BCUT2D eigenvalue weighted by Gasteiger charge is -2.43. The van der Waals surface area contributed by atoms with Crippen molar-refractivity contribution in [2.24, 2.45) is 5.92 Å². The van der Waals surface area contributed by atoms with Crippen molar-refractivity contribution >= 4 is 75.7 Å². The second-order valence-electron chi connectivity index (χ2n) is 24.2. The molecule has 0 radical (unpaired) electrons. The summed E-state index contributed by atoms with van der Waals surface area (Å²) in [6, 6.07) is 16.4. The van der Waals surface area contributed by atoms with Crippen LogP contribution in [-0.2, 0) is 83.2 Å². The Bertz CT molecular complexity index is 3400. The van der Waals surface area contributed by atoms with Gasteiger partial charge in [0.15, 0.2) is 11.8 Å². The number of aliphatic carboxylic acids is 1. The number of likely N-dealkylation sites (N-methyl/N-ethyl adjacent to an activating group) is 1. The topological polar surface area (TPSA) is 354 Å². The summed E-state index contributed by atoms with van der Waals surface area (Å²) in [5, 5.41) is 67.7. The second kappa shape index (κ2) is 33.6. The molecule has 3 aromatic carbocycles. The number of anilines is 2. The Hall–Kier alpha value is -7.70. The Labute approximate surface area is 550 Å². The molecule has 28 heteroatoms. The highest BCUT2D eigenvalue weighted by atomic mass is 35.5. The normalized spacial score (nSPS) is 25.6. The van der Waals surface area contributed by atoms with E-state index in [0.29, 0.717) is 30.8 Å². The predicted octanol–water partition coefficient (Wildman–Crippen LogP) is 5.15. The Morgan fingerprint density at radius 2 is 1.69 bits per heavy atom. The van der Waals surface area contributed by atoms with Crippen molar-refractivity contribution in [1.82, 2.24) is 25.4 Å². The number of fused-ring (bicyclic) bond motifs is 5. The number of para-hydroxylation sites is 1. The van der Waals surface area contributed by atoms with Crippen LogP contribution in [0.15, 0.2) is 84.5 Å². The molecule has 7 rings (SSSR count). The number of nitrogens with one attached hydrogen (secondary N) is 4. The number of rotatable bonds is 24. The van der Waals surface area contributed by atoms with E-state index in [2.05, 4.69) is 31.9 Å². The number of alkyl carbamates (subject to hydrolysis) is 1. The molecule has 4 heterocycles. The van der Waals surface area contributed by atoms with Gasteiger partial charge in [0, 0.05) is 71.3 Å². The summed E-state index contributed by atoms with van der Waals surface area (Å²) in [5.41, 5.74) is 1.04. The first-order chi connectivity index (χ1) is 44.6. The summed E-state index contributed by atoms with van der Waals surface area (Å²) in [6.45, 7) is 9.42. The first kappa shape index (κ1) is 73.7. The number of hydrogen-bond acceptors (Lipinski definition) is 20. The van der Waals surface area contributed by atoms with E-state index in [1.165, 1.54) is 58.2 Å². The average molecular weight is 1330 g/mol. The molecule has 0 aliphatic carbocycles. The summed E-state index contributed by atoms with van der Waals surface area (Å²) in [5.74, 6) is -4.67. The Morgan fingerprint density at radius 3 is 2.41 bits per heavy atom. The monoisotopic (exact) mass is 1330 g/mol. The van der Waals surface area contributed by atoms with Crippen LogP contribution in [0.3, 0.4) is 0 Å². The molecule has 514 valence electrons. The van der Waals surface area contributed by atoms with Gasteiger partial charge in [-0.15, -0.1) is 0 Å². The molecule has 4 bridgehead atoms. The lowest BCUT2D eigenvalue weighted by Crippen LogP contribution is -2.63. The maximum atomic E-state index is 14.4. The molecule has 0 saturated carbocycles. The molecular formula is C66H88ClN7O20. The number of aliphatic hydroxyl groups excluding tert-OH is 2. The molecule has 1 aromatic heterocycles. The van der Waals surface area contributed by atoms with Crippen LogP contribution in [0.4, 0.5) is 21.0 Å². The van der Waals surface area contributed by atoms with Gasteiger partial charge in [0.1, 0.15) is 42.8 Å². The Morgan fingerprint density at radius 1 is 0.957 bits per heavy atom. The number of nitrogens with zero attached hydrogens (tertiary/aromatic N) is 3. The van der Waals surface area contributed by atoms with Gasteiger partial charge in [-0.25, -0.2) is 19.2 Å². The molecule has 2 saturated heterocycles. The van der Waals surface area contributed by atoms with Crippen LogP contribution in [0.25, 0.3) is 10.9 Å². The van der Waals surface area contributed by atoms with Crippen LogP contribution in [0.2, 0.25) is 5.02 Å². The van der Waals surface area contributed by atoms with Gasteiger partial charge in [-0.2, -0.15) is 0 Å². The fourth-order valence-corrected chi connectivity index (χ4v) is 11.5. The molecule has 3 aliphatic heterocycles. The molecule has 3 aliphatic rings. The van der Waals surface area contributed by atoms with E-state index in [-0.39, 0.29) is 86.6 Å². The number of ether oxygens (including phenoxy) is 8. The number of carbonyl (C=O) groups is 7. The maximum absolute atomic E-state index is 14.4. The quantitative estimate of drug-likeness (QED) is 0.0249. The van der Waals surface area contributed by atoms with E-state index in [4.69, 9.17) is 49.5 Å². The van der Waals surface area contributed by atoms with Gasteiger partial charge in [-0.1, -0.05) is 72.7 Å². The zero-order valence-electron chi connectivity index (χ0n) is 54.4. The van der Waals surface area contributed by atoms with Crippen molar-refractivity contribution in [3.05, 3.63) is 112 Å². The third-order valence-electron chi connectivity index (χ3n) is 16.7. The van der Waals surface area contributed by atoms with Crippen molar-refractivity contribution < 1.29 is 97.0 Å². The Balaban J connectivity index is 0.977. The third kappa shape index (κ3) is 19.7. The fourth-order valence-electron chi connectivity index (χ4n) is 11.3. The van der Waals surface area contributed by atoms with Gasteiger partial charge in [-0.05, 0) is 106 Å². The highest BCUT2D eigenvalue weighted by Gasteiger charge is 2.49. The molecule has 1 unspecified atom stereocenters. The van der Waals surface area contributed by atoms with Crippen LogP contribution < -0.4 is 30.9 Å². The van der Waals surface area contributed by atoms with Crippen molar-refractivity contribution in [1.29, 1.82) is 0 Å². The van der Waals surface area contributed by atoms with E-state index in [1.54, 1.807) is 32.1 Å². The van der Waals surface area contributed by atoms with Crippen LogP contribution in [0, 0.1) is 12.8 Å². The number of aromatic nitrogens is 1. The molecule has 2 fully saturated rings. The number of esters is 1. The lowest BCUT2D eigenvalue weighted by molar-refractivity contribution is -0.238. The number of hydrogen-bond donors (Lipinski definition) is 9. The largest absolute Gasteiger partial charge is 0.479 e. The van der Waals surface area contributed by atoms with Crippen molar-refractivity contribution in [2.75, 3.05) is 71.4 Å². The van der Waals surface area contributed by atoms with Crippen LogP contribution in [-0.4, -0.2) is 198 Å². The summed E-state index contributed by atoms with van der Waals surface area (Å²) >= 11 is 6.83. The number of carbonyl (C=O) groups excluding carboxylic acids is 6. The van der Waals surface area contributed by atoms with E-state index in [0.717, 1.165) is 32.6 Å². The summed E-state index contributed by atoms with van der Waals surface area (Å²) < 4.78 is 47.6. The zero-order valence-corrected chi connectivity index (χ0v) is 55.1. The molecule has 94 heavy (non-hydrogen) atoms. The SMILES string of the molecule is CNCc1cc2ccccc2n1CCC(=O)NCCOCCOCCC(=O)Nc1cc(COC(=O)N(C)[C@@H](C)C(=O)O[C@H]2CC(=O)N(C)c3cc(cc(C)c3Cl)C/C(C)=C/C=C/[C@@H](OC)[C@@]3(O)C[C@H](OC(=O)N3)[C@@H](C)C[C@@]2(C)O)ccc1OC1O[C@H](C(=O)O)C[C@H](O)[C@H]1O. The average Bonchev–Trinajstić information content (AvgIpc) is 1.02. The molecule has 27 nitrogen and oxygen atoms in total. The minimum atomic E-state index is -2.04. The van der Waals surface area contributed by atoms with Crippen molar-refractivity contribution in [2.45, 2.75) is 160 Å². The lowest BCUT2D eigenvalue weighted by atomic mass is 9.81. The van der Waals surface area contributed by atoms with E-state index >= 15 is 0 Å². The van der Waals surface area contributed by atoms with E-state index < -0.39 is 122 Å². The molecule has 11 atom stereocenters. The highest BCUT2D eigenvalue weighted by Crippen LogP contribution is 2.37. The smallest absolute Gasteiger partial charge is 0.410 e. The number of allylic oxidation sites excluding steroid dienone is 3. The molecule has 4 aromatic rings. The number of carboxylic acids is 1. The summed E-state index contributed by atoms with van der Waals surface area (Å²) in [7, 11) is 6.00. The number of carboxylic acid groups (broad SMARTS) is 1. The number of aliphatic hydroxyl groups is 4. The van der Waals surface area contributed by atoms with E-state index in [1.807, 2.05) is 50.4 Å². The molecule has 0 spiro atoms. The van der Waals surface area contributed by atoms with Gasteiger partial charge in [0.05, 0.1) is 67.4 Å². The maximum Gasteiger partial charge on any atom is 0.410 e. The molecule has 9 N–H and O–H groups in total. The predicted molar refractivity (Wildman–Crippen MR) is 343 cm³/mol. The van der Waals surface area contributed by atoms with Crippen LogP contribution in [0.1, 0.15) is 88.6 Å². The van der Waals surface area contributed by atoms with Crippen LogP contribution >= 0.6 is 11.6 Å². The minimum absolute atomic E-state index is 0.0444. The van der Waals surface area contributed by atoms with Crippen LogP contribution in [0.5, 0.6) is 5.75 Å². The molecular weight excluding hydrogens is 1250 g/mol. The fraction of sp³-hybridized carbons (Fsp3) is 0.530. The summed E-state index contributed by atoms with van der Waals surface area (Å²) in [6.07, 6.45) is -7.99. The number of aryl methyl sites for hydroxylation is 2. The first-order valence-electron chi connectivity index (χ1n) is 31.1. The minimum Gasteiger partial charge on any atom is -0.479 e. The zero-order chi connectivity index (χ0) is 68.6. The van der Waals surface area contributed by atoms with Gasteiger partial charge >= 0.3 is 24.1 Å². The first-order valence-corrected chi connectivity index (χ1v) is 31.4. The van der Waals surface area contributed by atoms with Gasteiger partial charge in [0.25, 0.3) is 0 Å². The standard InChI is InChI=1S/C66H88ClN7O20/c1-38-13-12-16-53(87-9)66(86)35-52(93-63(83)71-66)40(3)34-65(5,85)54(33-57(78)73(8)48-30-43(27-38)28-39(2)58(48)67)94-61(82)41(4)72(7)64(84)90-37-42-17-18-50(91-62-59(79)49(75)32-51(92-62)60(80)81)46(29-42)70-56(77)20-23-88-25-26-89-24-21-69-55(76)19-22-74-45(36-68-6)31-44-14-10-11-15-47(44)74/h10-18,28-31,40-41,49,51-54,59,62,68,75,79,85-86H,19-27,32-37H2,1-9H3,(H,69,76)(H,70,77)(H,71,83)(H,80,81)/b16-12+,38-13+/t40-,41-,49-,51-,52-,53+,54-,59+,62?,65+,66-/m0/s1. The highest BCUT2D eigenvalue weighted by molar-refractivity contribution is 6.34. The Kier molecular flexibility index (Phi) is 26.4. The van der Waals surface area contributed by atoms with Gasteiger partial charge in [0.2, 0.25) is 24.0 Å². The second-order valence-corrected chi connectivity index (χ2v) is 24.6. The third-order valence-corrected chi connectivity index (χ3v) is 17.2. The van der Waals surface area contributed by atoms with E-state index in [9.17, 15) is 59.1 Å². The van der Waals surface area contributed by atoms with Gasteiger partial charge < -0.3 is 88.8 Å².